The van der Waals surface area contributed by atoms with Crippen molar-refractivity contribution in [1.82, 2.24) is 15.1 Å². The third-order valence-corrected chi connectivity index (χ3v) is 3.67. The molecular weight excluding hydrogens is 226 g/mol. The Labute approximate surface area is 109 Å². The van der Waals surface area contributed by atoms with E-state index >= 15 is 0 Å². The summed E-state index contributed by atoms with van der Waals surface area (Å²) in [6.45, 7) is 4.82. The van der Waals surface area contributed by atoms with Crippen LogP contribution in [0.3, 0.4) is 0 Å². The first kappa shape index (κ1) is 13.1. The molecule has 2 rings (SSSR count). The minimum absolute atomic E-state index is 0.0379. The lowest BCUT2D eigenvalue weighted by Crippen LogP contribution is -2.37. The third kappa shape index (κ3) is 2.92. The lowest BCUT2D eigenvalue weighted by Gasteiger charge is -2.22. The molecule has 4 heteroatoms. The summed E-state index contributed by atoms with van der Waals surface area (Å²) in [5, 5.41) is 7.56. The van der Waals surface area contributed by atoms with Gasteiger partial charge in [-0.1, -0.05) is 26.2 Å². The average Bonchev–Trinajstić information content (AvgIpc) is 2.83. The predicted molar refractivity (Wildman–Crippen MR) is 71.6 cm³/mol. The van der Waals surface area contributed by atoms with E-state index in [0.717, 1.165) is 31.5 Å². The highest BCUT2D eigenvalue weighted by molar-refractivity contribution is 5.92. The Morgan fingerprint density at radius 2 is 2.11 bits per heavy atom. The zero-order chi connectivity index (χ0) is 13.0. The molecule has 0 aromatic carbocycles. The van der Waals surface area contributed by atoms with Crippen LogP contribution in [-0.2, 0) is 13.0 Å². The molecule has 0 spiro atoms. The fourth-order valence-corrected chi connectivity index (χ4v) is 2.57. The van der Waals surface area contributed by atoms with Crippen molar-refractivity contribution >= 4 is 5.91 Å². The molecule has 1 aromatic rings. The number of aryl methyl sites for hydroxylation is 2. The SMILES string of the molecule is CCc1cc(C(=O)NC2CCCCC2)n(CC)n1. The summed E-state index contributed by atoms with van der Waals surface area (Å²) in [5.41, 5.74) is 1.70. The van der Waals surface area contributed by atoms with E-state index in [0.29, 0.717) is 11.7 Å². The summed E-state index contributed by atoms with van der Waals surface area (Å²) < 4.78 is 1.80. The van der Waals surface area contributed by atoms with Crippen LogP contribution in [-0.4, -0.2) is 21.7 Å². The molecule has 0 bridgehead atoms. The molecule has 1 fully saturated rings. The van der Waals surface area contributed by atoms with Gasteiger partial charge in [0, 0.05) is 12.6 Å². The molecule has 1 aliphatic rings. The van der Waals surface area contributed by atoms with Gasteiger partial charge in [-0.05, 0) is 32.3 Å². The van der Waals surface area contributed by atoms with Crippen LogP contribution in [0, 0.1) is 0 Å². The maximum atomic E-state index is 12.2. The zero-order valence-electron chi connectivity index (χ0n) is 11.4. The molecule has 4 nitrogen and oxygen atoms in total. The summed E-state index contributed by atoms with van der Waals surface area (Å²) in [6, 6.07) is 2.28. The van der Waals surface area contributed by atoms with Gasteiger partial charge in [0.15, 0.2) is 0 Å². The number of hydrogen-bond acceptors (Lipinski definition) is 2. The zero-order valence-corrected chi connectivity index (χ0v) is 11.4. The molecule has 0 unspecified atom stereocenters. The molecule has 0 aliphatic heterocycles. The Hall–Kier alpha value is -1.32. The van der Waals surface area contributed by atoms with Crippen molar-refractivity contribution in [3.63, 3.8) is 0 Å². The van der Waals surface area contributed by atoms with Crippen molar-refractivity contribution in [1.29, 1.82) is 0 Å². The quantitative estimate of drug-likeness (QED) is 0.891. The molecule has 18 heavy (non-hydrogen) atoms. The third-order valence-electron chi connectivity index (χ3n) is 3.67. The van der Waals surface area contributed by atoms with Crippen molar-refractivity contribution in [2.45, 2.75) is 65.0 Å². The Kier molecular flexibility index (Phi) is 4.39. The van der Waals surface area contributed by atoms with Crippen LogP contribution >= 0.6 is 0 Å². The van der Waals surface area contributed by atoms with Crippen LogP contribution in [0.1, 0.15) is 62.1 Å². The van der Waals surface area contributed by atoms with Crippen LogP contribution in [0.25, 0.3) is 0 Å². The lowest BCUT2D eigenvalue weighted by molar-refractivity contribution is 0.0917. The van der Waals surface area contributed by atoms with E-state index in [9.17, 15) is 4.79 Å². The maximum absolute atomic E-state index is 12.2. The van der Waals surface area contributed by atoms with Crippen molar-refractivity contribution in [3.05, 3.63) is 17.5 Å². The molecule has 1 saturated carbocycles. The summed E-state index contributed by atoms with van der Waals surface area (Å²) >= 11 is 0. The van der Waals surface area contributed by atoms with Gasteiger partial charge in [-0.25, -0.2) is 0 Å². The first-order valence-corrected chi connectivity index (χ1v) is 7.12. The van der Waals surface area contributed by atoms with Gasteiger partial charge in [-0.2, -0.15) is 5.10 Å². The second kappa shape index (κ2) is 6.03. The summed E-state index contributed by atoms with van der Waals surface area (Å²) in [5.74, 6) is 0.0379. The first-order chi connectivity index (χ1) is 8.74. The van der Waals surface area contributed by atoms with Crippen LogP contribution in [0.2, 0.25) is 0 Å². The Balaban J connectivity index is 2.05. The van der Waals surface area contributed by atoms with Gasteiger partial charge in [0.1, 0.15) is 5.69 Å². The summed E-state index contributed by atoms with van der Waals surface area (Å²) in [6.07, 6.45) is 6.88. The topological polar surface area (TPSA) is 46.9 Å². The Morgan fingerprint density at radius 3 is 2.72 bits per heavy atom. The molecule has 1 aliphatic carbocycles. The Bertz CT molecular complexity index is 405. The lowest BCUT2D eigenvalue weighted by atomic mass is 9.95. The van der Waals surface area contributed by atoms with Gasteiger partial charge in [0.05, 0.1) is 5.69 Å². The Morgan fingerprint density at radius 1 is 1.39 bits per heavy atom. The van der Waals surface area contributed by atoms with E-state index in [1.54, 1.807) is 4.68 Å². The van der Waals surface area contributed by atoms with Crippen LogP contribution < -0.4 is 5.32 Å². The molecule has 1 amide bonds. The molecule has 0 saturated heterocycles. The number of nitrogens with zero attached hydrogens (tertiary/aromatic N) is 2. The normalized spacial score (nSPS) is 16.8. The highest BCUT2D eigenvalue weighted by Crippen LogP contribution is 2.18. The largest absolute Gasteiger partial charge is 0.348 e. The number of rotatable bonds is 4. The minimum atomic E-state index is 0.0379. The van der Waals surface area contributed by atoms with E-state index in [-0.39, 0.29) is 5.91 Å². The predicted octanol–water partition coefficient (Wildman–Crippen LogP) is 2.53. The van der Waals surface area contributed by atoms with Gasteiger partial charge >= 0.3 is 0 Å². The number of amides is 1. The van der Waals surface area contributed by atoms with Gasteiger partial charge < -0.3 is 5.32 Å². The summed E-state index contributed by atoms with van der Waals surface area (Å²) in [4.78, 5) is 12.2. The highest BCUT2D eigenvalue weighted by Gasteiger charge is 2.19. The van der Waals surface area contributed by atoms with Gasteiger partial charge in [-0.3, -0.25) is 9.48 Å². The van der Waals surface area contributed by atoms with Crippen LogP contribution in [0.5, 0.6) is 0 Å². The molecule has 1 aromatic heterocycles. The van der Waals surface area contributed by atoms with Crippen molar-refractivity contribution in [2.24, 2.45) is 0 Å². The molecule has 1 N–H and O–H groups in total. The van der Waals surface area contributed by atoms with E-state index in [1.165, 1.54) is 19.3 Å². The molecule has 1 heterocycles. The van der Waals surface area contributed by atoms with E-state index < -0.39 is 0 Å². The fraction of sp³-hybridized carbons (Fsp3) is 0.714. The average molecular weight is 249 g/mol. The number of hydrogen-bond donors (Lipinski definition) is 1. The maximum Gasteiger partial charge on any atom is 0.269 e. The van der Waals surface area contributed by atoms with Crippen LogP contribution in [0.4, 0.5) is 0 Å². The molecule has 0 radical (unpaired) electrons. The molecule has 0 atom stereocenters. The van der Waals surface area contributed by atoms with E-state index in [2.05, 4.69) is 17.3 Å². The van der Waals surface area contributed by atoms with E-state index in [4.69, 9.17) is 0 Å². The standard InChI is InChI=1S/C14H23N3O/c1-3-11-10-13(17(4-2)16-11)14(18)15-12-8-6-5-7-9-12/h10,12H,3-9H2,1-2H3,(H,15,18). The molecule has 100 valence electrons. The van der Waals surface area contributed by atoms with Crippen molar-refractivity contribution < 1.29 is 4.79 Å². The summed E-state index contributed by atoms with van der Waals surface area (Å²) in [7, 11) is 0. The number of carbonyl (C=O) groups excluding carboxylic acids is 1. The van der Waals surface area contributed by atoms with Crippen molar-refractivity contribution in [3.8, 4) is 0 Å². The van der Waals surface area contributed by atoms with Gasteiger partial charge in [0.25, 0.3) is 5.91 Å². The monoisotopic (exact) mass is 249 g/mol. The van der Waals surface area contributed by atoms with Crippen LogP contribution in [0.15, 0.2) is 6.07 Å². The number of nitrogens with one attached hydrogen (secondary N) is 1. The van der Waals surface area contributed by atoms with Crippen molar-refractivity contribution in [2.75, 3.05) is 0 Å². The number of aromatic nitrogens is 2. The van der Waals surface area contributed by atoms with E-state index in [1.807, 2.05) is 13.0 Å². The molecular formula is C14H23N3O. The second-order valence-electron chi connectivity index (χ2n) is 5.00. The van der Waals surface area contributed by atoms with Gasteiger partial charge in [-0.15, -0.1) is 0 Å². The number of carbonyl (C=O) groups is 1. The van der Waals surface area contributed by atoms with Gasteiger partial charge in [0.2, 0.25) is 0 Å². The first-order valence-electron chi connectivity index (χ1n) is 7.12. The second-order valence-corrected chi connectivity index (χ2v) is 5.00. The highest BCUT2D eigenvalue weighted by atomic mass is 16.2. The minimum Gasteiger partial charge on any atom is -0.348 e. The fourth-order valence-electron chi connectivity index (χ4n) is 2.57. The smallest absolute Gasteiger partial charge is 0.269 e.